The molecule has 0 fully saturated rings. The number of rotatable bonds is 7. The molecule has 3 atom stereocenters. The number of aliphatic hydroxyl groups excluding tert-OH is 2. The van der Waals surface area contributed by atoms with Gasteiger partial charge in [-0.3, -0.25) is 4.57 Å². The monoisotopic (exact) mass is 226 g/mol. The maximum atomic E-state index is 11.1. The van der Waals surface area contributed by atoms with E-state index in [-0.39, 0.29) is 12.6 Å². The van der Waals surface area contributed by atoms with Crippen molar-refractivity contribution in [3.63, 3.8) is 0 Å². The molecule has 0 aromatic carbocycles. The Balaban J connectivity index is 4.36. The number of aliphatic hydroxyl groups is 2. The average molecular weight is 226 g/mol. The molecule has 3 N–H and O–H groups in total. The number of hydrogen-bond acceptors (Lipinski definition) is 5. The summed E-state index contributed by atoms with van der Waals surface area (Å²) in [6.45, 7) is 0.826. The molecule has 6 nitrogen and oxygen atoms in total. The van der Waals surface area contributed by atoms with Crippen LogP contribution in [0.4, 0.5) is 0 Å². The summed E-state index contributed by atoms with van der Waals surface area (Å²) in [5.74, 6) is 0. The largest absolute Gasteiger partial charge is 0.394 e. The van der Waals surface area contributed by atoms with Crippen molar-refractivity contribution in [3.05, 3.63) is 0 Å². The highest BCUT2D eigenvalue weighted by Crippen LogP contribution is 2.43. The van der Waals surface area contributed by atoms with Gasteiger partial charge in [0.15, 0.2) is 0 Å². The van der Waals surface area contributed by atoms with Gasteiger partial charge in [-0.15, -0.1) is 0 Å². The van der Waals surface area contributed by atoms with Gasteiger partial charge < -0.3 is 24.4 Å². The van der Waals surface area contributed by atoms with Gasteiger partial charge in [0.25, 0.3) is 0 Å². The van der Waals surface area contributed by atoms with Gasteiger partial charge in [-0.25, -0.2) is 0 Å². The van der Waals surface area contributed by atoms with Crippen LogP contribution in [0.15, 0.2) is 0 Å². The van der Waals surface area contributed by atoms with Crippen LogP contribution in [0.25, 0.3) is 0 Å². The van der Waals surface area contributed by atoms with Crippen molar-refractivity contribution in [1.29, 1.82) is 0 Å². The minimum atomic E-state index is -3.76. The van der Waals surface area contributed by atoms with E-state index in [9.17, 15) is 9.36 Å². The molecule has 14 heavy (non-hydrogen) atoms. The second kappa shape index (κ2) is 6.27. The minimum absolute atomic E-state index is 0.111. The van der Waals surface area contributed by atoms with E-state index < -0.39 is 26.4 Å². The fourth-order valence-corrected chi connectivity index (χ4v) is 1.57. The lowest BCUT2D eigenvalue weighted by atomic mass is 10.2. The predicted octanol–water partition coefficient (Wildman–Crippen LogP) is -0.481. The van der Waals surface area contributed by atoms with Crippen LogP contribution in [-0.4, -0.2) is 46.4 Å². The van der Waals surface area contributed by atoms with Crippen LogP contribution in [0, 0.1) is 0 Å². The summed E-state index contributed by atoms with van der Waals surface area (Å²) in [5, 5.41) is 17.7. The van der Waals surface area contributed by atoms with Gasteiger partial charge in [-0.05, 0) is 0 Å². The van der Waals surface area contributed by atoms with Crippen molar-refractivity contribution < 1.29 is 29.0 Å². The summed E-state index contributed by atoms with van der Waals surface area (Å²) in [5.41, 5.74) is 0. The van der Waals surface area contributed by atoms with Crippen LogP contribution in [0.1, 0.15) is 13.3 Å². The van der Waals surface area contributed by atoms with Crippen molar-refractivity contribution in [2.75, 3.05) is 12.8 Å². The standard InChI is InChI=1S/C7H15O6P/c1-2-14(11,12)13-7(3-4-8)6(10)5-9/h4,6-7,9-10H,2-3,5H2,1H3,(H,11,12)/t6-,7+/m1/s1. The molecule has 0 amide bonds. The Labute approximate surface area is 82.0 Å². The van der Waals surface area contributed by atoms with E-state index in [2.05, 4.69) is 4.52 Å². The van der Waals surface area contributed by atoms with Crippen molar-refractivity contribution in [1.82, 2.24) is 0 Å². The van der Waals surface area contributed by atoms with Gasteiger partial charge >= 0.3 is 7.60 Å². The first kappa shape index (κ1) is 13.7. The normalized spacial score (nSPS) is 19.7. The van der Waals surface area contributed by atoms with E-state index in [0.29, 0.717) is 6.29 Å². The van der Waals surface area contributed by atoms with Crippen molar-refractivity contribution in [3.8, 4) is 0 Å². The summed E-state index contributed by atoms with van der Waals surface area (Å²) in [6, 6.07) is 0. The summed E-state index contributed by atoms with van der Waals surface area (Å²) in [4.78, 5) is 19.3. The third-order valence-electron chi connectivity index (χ3n) is 1.64. The summed E-state index contributed by atoms with van der Waals surface area (Å²) >= 11 is 0. The van der Waals surface area contributed by atoms with Crippen LogP contribution in [0.5, 0.6) is 0 Å². The first-order valence-electron chi connectivity index (χ1n) is 4.19. The van der Waals surface area contributed by atoms with E-state index in [4.69, 9.17) is 15.1 Å². The lowest BCUT2D eigenvalue weighted by molar-refractivity contribution is -0.111. The van der Waals surface area contributed by atoms with Gasteiger partial charge in [0, 0.05) is 12.6 Å². The van der Waals surface area contributed by atoms with Crippen molar-refractivity contribution >= 4 is 13.9 Å². The van der Waals surface area contributed by atoms with Gasteiger partial charge in [-0.2, -0.15) is 0 Å². The molecule has 0 saturated carbocycles. The van der Waals surface area contributed by atoms with Gasteiger partial charge in [0.05, 0.1) is 6.61 Å². The Kier molecular flexibility index (Phi) is 6.15. The minimum Gasteiger partial charge on any atom is -0.394 e. The van der Waals surface area contributed by atoms with Gasteiger partial charge in [0.1, 0.15) is 18.5 Å². The zero-order valence-electron chi connectivity index (χ0n) is 7.87. The van der Waals surface area contributed by atoms with E-state index in [0.717, 1.165) is 0 Å². The second-order valence-corrected chi connectivity index (χ2v) is 4.87. The number of hydrogen-bond donors (Lipinski definition) is 3. The maximum absolute atomic E-state index is 11.1. The highest BCUT2D eigenvalue weighted by atomic mass is 31.2. The van der Waals surface area contributed by atoms with Crippen LogP contribution >= 0.6 is 7.60 Å². The summed E-state index contributed by atoms with van der Waals surface area (Å²) in [7, 11) is -3.76. The third kappa shape index (κ3) is 4.83. The van der Waals surface area contributed by atoms with E-state index in [1.54, 1.807) is 0 Å². The Morgan fingerprint density at radius 2 is 2.14 bits per heavy atom. The lowest BCUT2D eigenvalue weighted by Gasteiger charge is -2.22. The topological polar surface area (TPSA) is 104 Å². The molecule has 0 heterocycles. The zero-order valence-corrected chi connectivity index (χ0v) is 8.76. The van der Waals surface area contributed by atoms with Crippen molar-refractivity contribution in [2.45, 2.75) is 25.6 Å². The number of carbonyl (C=O) groups is 1. The molecular weight excluding hydrogens is 211 g/mol. The second-order valence-electron chi connectivity index (χ2n) is 2.75. The Hall–Kier alpha value is -0.260. The van der Waals surface area contributed by atoms with Gasteiger partial charge in [0.2, 0.25) is 0 Å². The molecule has 84 valence electrons. The molecular formula is C7H15O6P. The molecule has 0 aliphatic heterocycles. The Morgan fingerprint density at radius 3 is 2.50 bits per heavy atom. The molecule has 0 rings (SSSR count). The highest BCUT2D eigenvalue weighted by molar-refractivity contribution is 7.52. The molecule has 0 aromatic rings. The highest BCUT2D eigenvalue weighted by Gasteiger charge is 2.27. The molecule has 0 saturated heterocycles. The first-order chi connectivity index (χ1) is 6.46. The fraction of sp³-hybridized carbons (Fsp3) is 0.857. The van der Waals surface area contributed by atoms with E-state index in [1.807, 2.05) is 0 Å². The predicted molar refractivity (Wildman–Crippen MR) is 49.0 cm³/mol. The summed E-state index contributed by atoms with van der Waals surface area (Å²) in [6.07, 6.45) is -2.34. The van der Waals surface area contributed by atoms with Crippen LogP contribution in [0.3, 0.4) is 0 Å². The summed E-state index contributed by atoms with van der Waals surface area (Å²) < 4.78 is 15.8. The van der Waals surface area contributed by atoms with E-state index >= 15 is 0 Å². The molecule has 0 aromatic heterocycles. The Morgan fingerprint density at radius 1 is 1.57 bits per heavy atom. The average Bonchev–Trinajstić information content (AvgIpc) is 2.16. The molecule has 7 heteroatoms. The molecule has 0 radical (unpaired) electrons. The number of aldehydes is 1. The first-order valence-corrected chi connectivity index (χ1v) is 5.96. The van der Waals surface area contributed by atoms with Crippen molar-refractivity contribution in [2.24, 2.45) is 0 Å². The SMILES string of the molecule is CCP(=O)(O)O[C@@H](CC=O)[C@H](O)CO. The molecule has 0 bridgehead atoms. The molecule has 0 aliphatic carbocycles. The van der Waals surface area contributed by atoms with Crippen LogP contribution < -0.4 is 0 Å². The smallest absolute Gasteiger partial charge is 0.328 e. The maximum Gasteiger partial charge on any atom is 0.328 e. The quantitative estimate of drug-likeness (QED) is 0.400. The fourth-order valence-electron chi connectivity index (χ4n) is 0.769. The molecule has 0 aliphatic rings. The Bertz CT molecular complexity index is 218. The van der Waals surface area contributed by atoms with Crippen LogP contribution in [0.2, 0.25) is 0 Å². The molecule has 0 spiro atoms. The lowest BCUT2D eigenvalue weighted by Crippen LogP contribution is -2.31. The van der Waals surface area contributed by atoms with Gasteiger partial charge in [-0.1, -0.05) is 6.92 Å². The third-order valence-corrected chi connectivity index (χ3v) is 3.04. The zero-order chi connectivity index (χ0) is 11.2. The molecule has 1 unspecified atom stereocenters. The van der Waals surface area contributed by atoms with Crippen LogP contribution in [-0.2, 0) is 13.9 Å². The van der Waals surface area contributed by atoms with E-state index in [1.165, 1.54) is 6.92 Å². The number of carbonyl (C=O) groups excluding carboxylic acids is 1.